The lowest BCUT2D eigenvalue weighted by molar-refractivity contribution is 0.0487. The Morgan fingerprint density at radius 3 is 2.71 bits per heavy atom. The van der Waals surface area contributed by atoms with E-state index in [4.69, 9.17) is 9.47 Å². The number of carbonyl (C=O) groups is 1. The van der Waals surface area contributed by atoms with Gasteiger partial charge in [-0.3, -0.25) is 10.1 Å². The van der Waals surface area contributed by atoms with Crippen molar-refractivity contribution in [3.8, 4) is 16.9 Å². The molecule has 4 rings (SSSR count). The number of nitrogens with zero attached hydrogens (tertiary/aromatic N) is 2. The van der Waals surface area contributed by atoms with Gasteiger partial charge in [-0.15, -0.1) is 0 Å². The quantitative estimate of drug-likeness (QED) is 0.293. The molecule has 0 saturated carbocycles. The second-order valence-electron chi connectivity index (χ2n) is 9.48. The van der Waals surface area contributed by atoms with Gasteiger partial charge >= 0.3 is 6.09 Å². The number of carbonyl (C=O) groups excluding carboxylic acids is 1. The third kappa shape index (κ3) is 6.82. The SMILES string of the molecule is Cc1[nH]nc2ccc(-c3cncc(OC[C@H](Cc4cccc(Br)c4)NC(=O)OC(C)(C)C)c3)cc12. The first-order chi connectivity index (χ1) is 16.7. The number of fused-ring (bicyclic) bond motifs is 1. The number of rotatable bonds is 7. The summed E-state index contributed by atoms with van der Waals surface area (Å²) in [5, 5.41) is 11.3. The number of amides is 1. The van der Waals surface area contributed by atoms with Crippen LogP contribution >= 0.6 is 15.9 Å². The van der Waals surface area contributed by atoms with Gasteiger partial charge < -0.3 is 14.8 Å². The summed E-state index contributed by atoms with van der Waals surface area (Å²) in [5.41, 5.74) is 4.39. The van der Waals surface area contributed by atoms with E-state index in [0.717, 1.165) is 37.8 Å². The van der Waals surface area contributed by atoms with Crippen molar-refractivity contribution in [3.63, 3.8) is 0 Å². The molecule has 0 saturated heterocycles. The van der Waals surface area contributed by atoms with Crippen molar-refractivity contribution in [3.05, 3.63) is 76.7 Å². The van der Waals surface area contributed by atoms with E-state index in [1.54, 1.807) is 12.4 Å². The van der Waals surface area contributed by atoms with Crippen molar-refractivity contribution >= 4 is 32.9 Å². The van der Waals surface area contributed by atoms with Crippen LogP contribution in [0.1, 0.15) is 32.0 Å². The Morgan fingerprint density at radius 2 is 1.94 bits per heavy atom. The average Bonchev–Trinajstić information content (AvgIpc) is 3.16. The molecule has 0 fully saturated rings. The first kappa shape index (κ1) is 24.7. The summed E-state index contributed by atoms with van der Waals surface area (Å²) >= 11 is 3.51. The van der Waals surface area contributed by atoms with Crippen LogP contribution < -0.4 is 10.1 Å². The highest BCUT2D eigenvalue weighted by Crippen LogP contribution is 2.27. The molecule has 0 radical (unpaired) electrons. The van der Waals surface area contributed by atoms with Crippen LogP contribution in [0.3, 0.4) is 0 Å². The van der Waals surface area contributed by atoms with Crippen LogP contribution in [-0.2, 0) is 11.2 Å². The Morgan fingerprint density at radius 1 is 1.11 bits per heavy atom. The van der Waals surface area contributed by atoms with Gasteiger partial charge in [0.15, 0.2) is 0 Å². The molecule has 35 heavy (non-hydrogen) atoms. The third-order valence-corrected chi connectivity index (χ3v) is 5.83. The van der Waals surface area contributed by atoms with Crippen molar-refractivity contribution < 1.29 is 14.3 Å². The standard InChI is InChI=1S/C27H29BrN4O3/c1-17-24-13-19(8-9-25(24)32-31-17)20-12-23(15-29-14-20)34-16-22(30-26(33)35-27(2,3)4)11-18-6-5-7-21(28)10-18/h5-10,12-15,22H,11,16H2,1-4H3,(H,30,33)(H,31,32)/t22-/m0/s1. The zero-order chi connectivity index (χ0) is 25.0. The van der Waals surface area contributed by atoms with E-state index in [0.29, 0.717) is 12.2 Å². The second-order valence-corrected chi connectivity index (χ2v) is 10.4. The summed E-state index contributed by atoms with van der Waals surface area (Å²) < 4.78 is 12.5. The van der Waals surface area contributed by atoms with Crippen molar-refractivity contribution in [2.45, 2.75) is 45.8 Å². The number of aromatic nitrogens is 3. The number of pyridine rings is 1. The van der Waals surface area contributed by atoms with Gasteiger partial charge in [-0.2, -0.15) is 5.10 Å². The Bertz CT molecular complexity index is 1330. The van der Waals surface area contributed by atoms with Crippen molar-refractivity contribution in [2.24, 2.45) is 0 Å². The van der Waals surface area contributed by atoms with E-state index in [-0.39, 0.29) is 12.6 Å². The highest BCUT2D eigenvalue weighted by Gasteiger charge is 2.20. The maximum absolute atomic E-state index is 12.5. The number of H-pyrrole nitrogens is 1. The minimum atomic E-state index is -0.585. The predicted molar refractivity (Wildman–Crippen MR) is 141 cm³/mol. The fourth-order valence-corrected chi connectivity index (χ4v) is 4.19. The van der Waals surface area contributed by atoms with Crippen LogP contribution in [-0.4, -0.2) is 39.5 Å². The summed E-state index contributed by atoms with van der Waals surface area (Å²) in [5.74, 6) is 0.622. The molecular formula is C27H29BrN4O3. The lowest BCUT2D eigenvalue weighted by Crippen LogP contribution is -2.43. The van der Waals surface area contributed by atoms with Crippen LogP contribution in [0.2, 0.25) is 0 Å². The number of alkyl carbamates (subject to hydrolysis) is 1. The summed E-state index contributed by atoms with van der Waals surface area (Å²) in [6.07, 6.45) is 3.59. The van der Waals surface area contributed by atoms with Gasteiger partial charge in [0.25, 0.3) is 0 Å². The summed E-state index contributed by atoms with van der Waals surface area (Å²) in [4.78, 5) is 16.8. The normalized spacial score (nSPS) is 12.4. The third-order valence-electron chi connectivity index (χ3n) is 5.33. The molecule has 4 aromatic rings. The molecule has 7 nitrogen and oxygen atoms in total. The second kappa shape index (κ2) is 10.5. The minimum absolute atomic E-state index is 0.261. The van der Waals surface area contributed by atoms with Crippen LogP contribution in [0.5, 0.6) is 5.75 Å². The summed E-state index contributed by atoms with van der Waals surface area (Å²) in [6, 6.07) is 15.7. The average molecular weight is 537 g/mol. The highest BCUT2D eigenvalue weighted by molar-refractivity contribution is 9.10. The Kier molecular flexibility index (Phi) is 7.40. The molecule has 0 bridgehead atoms. The van der Waals surface area contributed by atoms with Crippen LogP contribution in [0.4, 0.5) is 4.79 Å². The molecule has 1 amide bonds. The molecule has 0 spiro atoms. The summed E-state index contributed by atoms with van der Waals surface area (Å²) in [6.45, 7) is 7.78. The van der Waals surface area contributed by atoms with Gasteiger partial charge in [0, 0.05) is 27.3 Å². The van der Waals surface area contributed by atoms with Gasteiger partial charge in [-0.05, 0) is 75.6 Å². The fourth-order valence-electron chi connectivity index (χ4n) is 3.74. The highest BCUT2D eigenvalue weighted by atomic mass is 79.9. The molecule has 2 aromatic heterocycles. The minimum Gasteiger partial charge on any atom is -0.490 e. The van der Waals surface area contributed by atoms with E-state index in [1.165, 1.54) is 0 Å². The zero-order valence-corrected chi connectivity index (χ0v) is 21.8. The molecule has 0 aliphatic carbocycles. The molecule has 182 valence electrons. The van der Waals surface area contributed by atoms with Crippen molar-refractivity contribution in [1.82, 2.24) is 20.5 Å². The molecule has 0 aliphatic rings. The molecule has 1 atom stereocenters. The van der Waals surface area contributed by atoms with Crippen molar-refractivity contribution in [2.75, 3.05) is 6.61 Å². The molecule has 2 aromatic carbocycles. The lowest BCUT2D eigenvalue weighted by Gasteiger charge is -2.24. The Labute approximate surface area is 213 Å². The van der Waals surface area contributed by atoms with Crippen LogP contribution in [0.25, 0.3) is 22.0 Å². The monoisotopic (exact) mass is 536 g/mol. The molecule has 2 heterocycles. The number of benzene rings is 2. The van der Waals surface area contributed by atoms with Crippen molar-refractivity contribution in [1.29, 1.82) is 0 Å². The van der Waals surface area contributed by atoms with Gasteiger partial charge in [-0.1, -0.05) is 34.1 Å². The van der Waals surface area contributed by atoms with E-state index >= 15 is 0 Å². The summed E-state index contributed by atoms with van der Waals surface area (Å²) in [7, 11) is 0. The molecular weight excluding hydrogens is 508 g/mol. The van der Waals surface area contributed by atoms with E-state index in [9.17, 15) is 4.79 Å². The van der Waals surface area contributed by atoms with Gasteiger partial charge in [0.05, 0.1) is 17.8 Å². The molecule has 2 N–H and O–H groups in total. The van der Waals surface area contributed by atoms with Crippen LogP contribution in [0.15, 0.2) is 65.4 Å². The number of nitrogens with one attached hydrogen (secondary N) is 2. The van der Waals surface area contributed by atoms with Gasteiger partial charge in [0.1, 0.15) is 18.0 Å². The Balaban J connectivity index is 1.49. The topological polar surface area (TPSA) is 89.1 Å². The Hall–Kier alpha value is -3.39. The van der Waals surface area contributed by atoms with Crippen LogP contribution in [0, 0.1) is 6.92 Å². The first-order valence-electron chi connectivity index (χ1n) is 11.4. The molecule has 0 unspecified atom stereocenters. The van der Waals surface area contributed by atoms with E-state index < -0.39 is 11.7 Å². The maximum atomic E-state index is 12.5. The van der Waals surface area contributed by atoms with E-state index in [2.05, 4.69) is 42.5 Å². The molecule has 8 heteroatoms. The zero-order valence-electron chi connectivity index (χ0n) is 20.3. The fraction of sp³-hybridized carbons (Fsp3) is 0.296. The lowest BCUT2D eigenvalue weighted by atomic mass is 10.0. The smallest absolute Gasteiger partial charge is 0.408 e. The van der Waals surface area contributed by atoms with Gasteiger partial charge in [0.2, 0.25) is 0 Å². The molecule has 0 aliphatic heterocycles. The maximum Gasteiger partial charge on any atom is 0.408 e. The van der Waals surface area contributed by atoms with Gasteiger partial charge in [-0.25, -0.2) is 4.79 Å². The number of hydrogen-bond donors (Lipinski definition) is 2. The number of aryl methyl sites for hydroxylation is 1. The number of aromatic amines is 1. The van der Waals surface area contributed by atoms with E-state index in [1.807, 2.05) is 70.2 Å². The number of halogens is 1. The number of ether oxygens (including phenoxy) is 2. The predicted octanol–water partition coefficient (Wildman–Crippen LogP) is 6.21. The number of hydrogen-bond acceptors (Lipinski definition) is 5. The first-order valence-corrected chi connectivity index (χ1v) is 12.2. The largest absolute Gasteiger partial charge is 0.490 e.